The summed E-state index contributed by atoms with van der Waals surface area (Å²) >= 11 is 0. The van der Waals surface area contributed by atoms with E-state index >= 15 is 0 Å². The molecule has 0 saturated carbocycles. The van der Waals surface area contributed by atoms with Crippen molar-refractivity contribution in [2.45, 2.75) is 25.6 Å². The molecule has 1 aromatic rings. The van der Waals surface area contributed by atoms with Gasteiger partial charge in [0, 0.05) is 12.2 Å². The lowest BCUT2D eigenvalue weighted by Crippen LogP contribution is -2.18. The molecule has 0 aliphatic carbocycles. The van der Waals surface area contributed by atoms with Gasteiger partial charge in [-0.2, -0.15) is 0 Å². The Hall–Kier alpha value is -2.40. The van der Waals surface area contributed by atoms with Gasteiger partial charge >= 0.3 is 11.9 Å². The van der Waals surface area contributed by atoms with Gasteiger partial charge in [-0.15, -0.1) is 0 Å². The van der Waals surface area contributed by atoms with Crippen LogP contribution in [0.2, 0.25) is 0 Å². The topological polar surface area (TPSA) is 72.8 Å². The third-order valence-electron chi connectivity index (χ3n) is 3.01. The SMILES string of the molecule is C=CC(=O)OCc1ccc(CC[CH]C(O)COC(=O)C=C)cc1. The fourth-order valence-corrected chi connectivity index (χ4v) is 1.75. The van der Waals surface area contributed by atoms with Crippen molar-refractivity contribution < 1.29 is 24.2 Å². The van der Waals surface area contributed by atoms with Crippen LogP contribution in [-0.4, -0.2) is 29.8 Å². The fraction of sp³-hybridized carbons (Fsp3) is 0.278. The van der Waals surface area contributed by atoms with Crippen molar-refractivity contribution in [3.63, 3.8) is 0 Å². The molecule has 0 amide bonds. The van der Waals surface area contributed by atoms with Gasteiger partial charge in [-0.1, -0.05) is 37.4 Å². The molecule has 1 rings (SSSR count). The first kappa shape index (κ1) is 18.6. The van der Waals surface area contributed by atoms with Crippen LogP contribution < -0.4 is 0 Å². The summed E-state index contributed by atoms with van der Waals surface area (Å²) in [5.74, 6) is -1.000. The van der Waals surface area contributed by atoms with Crippen molar-refractivity contribution in [1.82, 2.24) is 0 Å². The first-order chi connectivity index (χ1) is 11.0. The zero-order valence-electron chi connectivity index (χ0n) is 12.9. The first-order valence-corrected chi connectivity index (χ1v) is 7.22. The molecule has 0 heterocycles. The fourth-order valence-electron chi connectivity index (χ4n) is 1.75. The molecular formula is C18H21O5. The van der Waals surface area contributed by atoms with Crippen LogP contribution in [0.4, 0.5) is 0 Å². The molecule has 0 aromatic heterocycles. The Morgan fingerprint density at radius 3 is 2.22 bits per heavy atom. The number of carbonyl (C=O) groups excluding carboxylic acids is 2. The molecule has 1 unspecified atom stereocenters. The van der Waals surface area contributed by atoms with E-state index in [9.17, 15) is 14.7 Å². The molecule has 23 heavy (non-hydrogen) atoms. The van der Waals surface area contributed by atoms with Crippen LogP contribution in [0.1, 0.15) is 17.5 Å². The first-order valence-electron chi connectivity index (χ1n) is 7.22. The minimum absolute atomic E-state index is 0.0710. The molecule has 0 spiro atoms. The summed E-state index contributed by atoms with van der Waals surface area (Å²) < 4.78 is 9.68. The quantitative estimate of drug-likeness (QED) is 0.529. The Labute approximate surface area is 136 Å². The Morgan fingerprint density at radius 2 is 1.61 bits per heavy atom. The maximum atomic E-state index is 11.0. The van der Waals surface area contributed by atoms with Gasteiger partial charge in [0.15, 0.2) is 0 Å². The smallest absolute Gasteiger partial charge is 0.330 e. The minimum Gasteiger partial charge on any atom is -0.460 e. The lowest BCUT2D eigenvalue weighted by molar-refractivity contribution is -0.140. The second kappa shape index (κ2) is 10.3. The molecular weight excluding hydrogens is 296 g/mol. The summed E-state index contributed by atoms with van der Waals surface area (Å²) in [6, 6.07) is 7.64. The van der Waals surface area contributed by atoms with Crippen LogP contribution in [-0.2, 0) is 32.1 Å². The van der Waals surface area contributed by atoms with E-state index in [1.165, 1.54) is 0 Å². The van der Waals surface area contributed by atoms with Gasteiger partial charge in [0.2, 0.25) is 0 Å². The molecule has 5 heteroatoms. The lowest BCUT2D eigenvalue weighted by Gasteiger charge is -2.10. The number of hydrogen-bond donors (Lipinski definition) is 1. The van der Waals surface area contributed by atoms with Gasteiger partial charge in [-0.25, -0.2) is 9.59 Å². The zero-order valence-corrected chi connectivity index (χ0v) is 12.9. The second-order valence-electron chi connectivity index (χ2n) is 4.80. The molecule has 0 aliphatic heterocycles. The second-order valence-corrected chi connectivity index (χ2v) is 4.80. The summed E-state index contributed by atoms with van der Waals surface area (Å²) in [7, 11) is 0. The standard InChI is InChI=1S/C18H21O5/c1-3-17(20)22-12-15-10-8-14(9-11-15)6-5-7-16(19)13-23-18(21)4-2/h3-4,7-11,16,19H,1-2,5-6,12-13H2. The number of benzene rings is 1. The van der Waals surface area contributed by atoms with Crippen LogP contribution >= 0.6 is 0 Å². The third kappa shape index (κ3) is 7.97. The van der Waals surface area contributed by atoms with Crippen molar-refractivity contribution >= 4 is 11.9 Å². The highest BCUT2D eigenvalue weighted by atomic mass is 16.5. The maximum absolute atomic E-state index is 11.0. The highest BCUT2D eigenvalue weighted by Gasteiger charge is 2.07. The minimum atomic E-state index is -0.795. The Bertz CT molecular complexity index is 533. The van der Waals surface area contributed by atoms with Gasteiger partial charge in [0.25, 0.3) is 0 Å². The summed E-state index contributed by atoms with van der Waals surface area (Å²) in [6.45, 7) is 6.75. The number of aliphatic hydroxyl groups is 1. The molecule has 1 aromatic carbocycles. The van der Waals surface area contributed by atoms with Gasteiger partial charge < -0.3 is 14.6 Å². The van der Waals surface area contributed by atoms with Gasteiger partial charge in [0.05, 0.1) is 6.10 Å². The summed E-state index contributed by atoms with van der Waals surface area (Å²) in [5, 5.41) is 9.64. The highest BCUT2D eigenvalue weighted by Crippen LogP contribution is 2.10. The zero-order chi connectivity index (χ0) is 17.1. The number of hydrogen-bond acceptors (Lipinski definition) is 5. The predicted octanol–water partition coefficient (Wildman–Crippen LogP) is 2.14. The molecule has 1 atom stereocenters. The molecule has 0 aliphatic rings. The largest absolute Gasteiger partial charge is 0.460 e. The van der Waals surface area contributed by atoms with E-state index in [1.807, 2.05) is 24.3 Å². The maximum Gasteiger partial charge on any atom is 0.330 e. The number of ether oxygens (including phenoxy) is 2. The van der Waals surface area contributed by atoms with E-state index in [1.54, 1.807) is 6.42 Å². The lowest BCUT2D eigenvalue weighted by atomic mass is 10.0. The number of carbonyl (C=O) groups is 2. The summed E-state index contributed by atoms with van der Waals surface area (Å²) in [5.41, 5.74) is 1.99. The normalized spacial score (nSPS) is 11.3. The van der Waals surface area contributed by atoms with E-state index in [0.717, 1.165) is 29.7 Å². The van der Waals surface area contributed by atoms with E-state index in [-0.39, 0.29) is 13.2 Å². The average molecular weight is 317 g/mol. The Balaban J connectivity index is 2.27. The van der Waals surface area contributed by atoms with Gasteiger partial charge in [-0.05, 0) is 30.4 Å². The van der Waals surface area contributed by atoms with Crippen LogP contribution in [0, 0.1) is 6.42 Å². The Morgan fingerprint density at radius 1 is 1.04 bits per heavy atom. The van der Waals surface area contributed by atoms with Crippen molar-refractivity contribution in [3.05, 3.63) is 67.1 Å². The number of aryl methyl sites for hydroxylation is 1. The molecule has 0 bridgehead atoms. The monoisotopic (exact) mass is 317 g/mol. The summed E-state index contributed by atoms with van der Waals surface area (Å²) in [6.07, 6.45) is 4.48. The molecule has 1 radical (unpaired) electrons. The van der Waals surface area contributed by atoms with Crippen LogP contribution in [0.3, 0.4) is 0 Å². The molecule has 0 saturated heterocycles. The molecule has 0 fully saturated rings. The molecule has 123 valence electrons. The predicted molar refractivity (Wildman–Crippen MR) is 86.2 cm³/mol. The van der Waals surface area contributed by atoms with Crippen LogP contribution in [0.5, 0.6) is 0 Å². The van der Waals surface area contributed by atoms with Crippen LogP contribution in [0.15, 0.2) is 49.6 Å². The third-order valence-corrected chi connectivity index (χ3v) is 3.01. The Kier molecular flexibility index (Phi) is 8.39. The van der Waals surface area contributed by atoms with E-state index < -0.39 is 18.0 Å². The van der Waals surface area contributed by atoms with Crippen molar-refractivity contribution in [1.29, 1.82) is 0 Å². The molecule has 1 N–H and O–H groups in total. The molecule has 5 nitrogen and oxygen atoms in total. The van der Waals surface area contributed by atoms with Crippen molar-refractivity contribution in [2.24, 2.45) is 0 Å². The van der Waals surface area contributed by atoms with E-state index in [0.29, 0.717) is 6.42 Å². The van der Waals surface area contributed by atoms with Crippen molar-refractivity contribution in [2.75, 3.05) is 6.61 Å². The number of esters is 2. The van der Waals surface area contributed by atoms with Crippen molar-refractivity contribution in [3.8, 4) is 0 Å². The number of rotatable bonds is 10. The average Bonchev–Trinajstić information content (AvgIpc) is 2.58. The number of aliphatic hydroxyl groups excluding tert-OH is 1. The van der Waals surface area contributed by atoms with E-state index in [2.05, 4.69) is 13.2 Å². The summed E-state index contributed by atoms with van der Waals surface area (Å²) in [4.78, 5) is 21.8. The van der Waals surface area contributed by atoms with Crippen LogP contribution in [0.25, 0.3) is 0 Å². The van der Waals surface area contributed by atoms with Gasteiger partial charge in [-0.3, -0.25) is 0 Å². The highest BCUT2D eigenvalue weighted by molar-refractivity contribution is 5.81. The van der Waals surface area contributed by atoms with E-state index in [4.69, 9.17) is 9.47 Å². The van der Waals surface area contributed by atoms with Gasteiger partial charge in [0.1, 0.15) is 13.2 Å².